The number of carbonyl (C=O) groups is 2. The van der Waals surface area contributed by atoms with Crippen molar-refractivity contribution in [2.24, 2.45) is 5.92 Å². The summed E-state index contributed by atoms with van der Waals surface area (Å²) < 4.78 is 4.98. The average molecular weight is 278 g/mol. The van der Waals surface area contributed by atoms with E-state index in [2.05, 4.69) is 15.3 Å². The summed E-state index contributed by atoms with van der Waals surface area (Å²) in [5.74, 6) is 0.532. The second kappa shape index (κ2) is 6.42. The Balaban J connectivity index is 1.97. The van der Waals surface area contributed by atoms with Crippen molar-refractivity contribution in [3.8, 4) is 0 Å². The molecule has 0 spiro atoms. The highest BCUT2D eigenvalue weighted by Gasteiger charge is 2.26. The lowest BCUT2D eigenvalue weighted by molar-refractivity contribution is -0.124. The van der Waals surface area contributed by atoms with Crippen molar-refractivity contribution in [2.45, 2.75) is 20.0 Å². The molecular weight excluding hydrogens is 260 g/mol. The van der Waals surface area contributed by atoms with Crippen molar-refractivity contribution in [3.63, 3.8) is 0 Å². The molecule has 108 valence electrons. The number of rotatable bonds is 3. The number of urea groups is 1. The lowest BCUT2D eigenvalue weighted by Crippen LogP contribution is -2.45. The Hall–Kier alpha value is -2.02. The smallest absolute Gasteiger partial charge is 0.323 e. The van der Waals surface area contributed by atoms with Crippen LogP contribution in [0.5, 0.6) is 0 Å². The average Bonchev–Trinajstić information content (AvgIpc) is 2.42. The molecular formula is C13H18N4O3. The molecule has 0 aromatic carbocycles. The van der Waals surface area contributed by atoms with Crippen LogP contribution in [0.4, 0.5) is 10.6 Å². The van der Waals surface area contributed by atoms with E-state index in [1.165, 1.54) is 6.33 Å². The van der Waals surface area contributed by atoms with E-state index in [0.717, 1.165) is 0 Å². The summed E-state index contributed by atoms with van der Waals surface area (Å²) in [6.45, 7) is 3.09. The molecule has 0 aliphatic carbocycles. The van der Waals surface area contributed by atoms with Crippen molar-refractivity contribution in [1.82, 2.24) is 14.9 Å². The minimum atomic E-state index is -0.244. The van der Waals surface area contributed by atoms with Crippen LogP contribution in [-0.2, 0) is 16.1 Å². The van der Waals surface area contributed by atoms with Gasteiger partial charge in [-0.1, -0.05) is 6.92 Å². The Morgan fingerprint density at radius 1 is 1.55 bits per heavy atom. The Kier molecular flexibility index (Phi) is 4.62. The van der Waals surface area contributed by atoms with Gasteiger partial charge >= 0.3 is 6.03 Å². The van der Waals surface area contributed by atoms with Crippen LogP contribution in [-0.4, -0.2) is 46.9 Å². The van der Waals surface area contributed by atoms with Gasteiger partial charge in [-0.15, -0.1) is 0 Å². The minimum absolute atomic E-state index is 0.107. The van der Waals surface area contributed by atoms with Gasteiger partial charge in [0, 0.05) is 38.6 Å². The Morgan fingerprint density at radius 2 is 2.35 bits per heavy atom. The highest BCUT2D eigenvalue weighted by molar-refractivity contribution is 5.90. The summed E-state index contributed by atoms with van der Waals surface area (Å²) in [6, 6.07) is 1.42. The van der Waals surface area contributed by atoms with Gasteiger partial charge in [-0.05, 0) is 0 Å². The van der Waals surface area contributed by atoms with Crippen LogP contribution in [0.2, 0.25) is 0 Å². The molecule has 2 rings (SSSR count). The van der Waals surface area contributed by atoms with Crippen LogP contribution < -0.4 is 5.32 Å². The summed E-state index contributed by atoms with van der Waals surface area (Å²) in [6.07, 6.45) is 1.79. The molecule has 0 radical (unpaired) electrons. The summed E-state index contributed by atoms with van der Waals surface area (Å²) in [5.41, 5.74) is 0.694. The molecule has 2 amide bonds. The molecule has 7 heteroatoms. The molecule has 1 aromatic heterocycles. The van der Waals surface area contributed by atoms with Gasteiger partial charge in [-0.3, -0.25) is 10.1 Å². The van der Waals surface area contributed by atoms with Crippen LogP contribution in [0.15, 0.2) is 12.4 Å². The van der Waals surface area contributed by atoms with Gasteiger partial charge in [-0.2, -0.15) is 0 Å². The Morgan fingerprint density at radius 3 is 3.05 bits per heavy atom. The molecule has 1 aliphatic rings. The third-order valence-corrected chi connectivity index (χ3v) is 3.21. The van der Waals surface area contributed by atoms with Crippen LogP contribution in [0.25, 0.3) is 0 Å². The molecule has 1 aromatic rings. The van der Waals surface area contributed by atoms with Gasteiger partial charge in [0.1, 0.15) is 17.9 Å². The zero-order valence-electron chi connectivity index (χ0n) is 11.6. The van der Waals surface area contributed by atoms with Gasteiger partial charge in [0.25, 0.3) is 0 Å². The van der Waals surface area contributed by atoms with Gasteiger partial charge in [-0.25, -0.2) is 14.8 Å². The number of nitrogens with zero attached hydrogens (tertiary/aromatic N) is 3. The van der Waals surface area contributed by atoms with E-state index in [9.17, 15) is 9.59 Å². The maximum Gasteiger partial charge on any atom is 0.323 e. The number of methoxy groups -OCH3 is 1. The zero-order chi connectivity index (χ0) is 14.5. The number of likely N-dealkylation sites (tertiary alicyclic amines) is 1. The van der Waals surface area contributed by atoms with Crippen molar-refractivity contribution in [3.05, 3.63) is 18.1 Å². The number of nitrogens with one attached hydrogen (secondary N) is 1. The van der Waals surface area contributed by atoms with Crippen LogP contribution in [0.1, 0.15) is 19.0 Å². The van der Waals surface area contributed by atoms with Gasteiger partial charge < -0.3 is 9.64 Å². The fraction of sp³-hybridized carbons (Fsp3) is 0.538. The monoisotopic (exact) mass is 278 g/mol. The van der Waals surface area contributed by atoms with Gasteiger partial charge in [0.05, 0.1) is 12.3 Å². The number of carbonyl (C=O) groups excluding carboxylic acids is 2. The molecule has 1 N–H and O–H groups in total. The van der Waals surface area contributed by atoms with Crippen LogP contribution in [0.3, 0.4) is 0 Å². The molecule has 2 heterocycles. The Bertz CT molecular complexity index is 506. The second-order valence-electron chi connectivity index (χ2n) is 4.82. The highest BCUT2D eigenvalue weighted by atomic mass is 16.5. The van der Waals surface area contributed by atoms with Crippen molar-refractivity contribution in [1.29, 1.82) is 0 Å². The first-order chi connectivity index (χ1) is 9.60. The topological polar surface area (TPSA) is 84.4 Å². The van der Waals surface area contributed by atoms with Crippen molar-refractivity contribution in [2.75, 3.05) is 25.5 Å². The third-order valence-electron chi connectivity index (χ3n) is 3.21. The minimum Gasteiger partial charge on any atom is -0.378 e. The normalized spacial score (nSPS) is 19.0. The number of anilines is 1. The lowest BCUT2D eigenvalue weighted by atomic mass is 9.99. The SMILES string of the molecule is COCc1cc(NC(=O)N2CCC(=O)C(C)C2)ncn1. The van der Waals surface area contributed by atoms with Gasteiger partial charge in [0.2, 0.25) is 0 Å². The largest absolute Gasteiger partial charge is 0.378 e. The maximum atomic E-state index is 12.1. The quantitative estimate of drug-likeness (QED) is 0.894. The summed E-state index contributed by atoms with van der Waals surface area (Å²) in [7, 11) is 1.58. The van der Waals surface area contributed by atoms with E-state index in [4.69, 9.17) is 4.74 Å². The fourth-order valence-corrected chi connectivity index (χ4v) is 2.08. The number of hydrogen-bond acceptors (Lipinski definition) is 5. The lowest BCUT2D eigenvalue weighted by Gasteiger charge is -2.29. The van der Waals surface area contributed by atoms with E-state index in [-0.39, 0.29) is 17.7 Å². The number of ether oxygens (including phenoxy) is 1. The number of ketones is 1. The molecule has 1 unspecified atom stereocenters. The van der Waals surface area contributed by atoms with Crippen LogP contribution >= 0.6 is 0 Å². The summed E-state index contributed by atoms with van der Waals surface area (Å²) in [5, 5.41) is 2.71. The predicted molar refractivity (Wildman–Crippen MR) is 72.1 cm³/mol. The van der Waals surface area contributed by atoms with Crippen LogP contribution in [0, 0.1) is 5.92 Å². The molecule has 1 atom stereocenters. The number of amides is 2. The van der Waals surface area contributed by atoms with Crippen molar-refractivity contribution >= 4 is 17.6 Å². The zero-order valence-corrected chi connectivity index (χ0v) is 11.6. The van der Waals surface area contributed by atoms with E-state index in [0.29, 0.717) is 37.6 Å². The predicted octanol–water partition coefficient (Wildman–Crippen LogP) is 1.07. The Labute approximate surface area is 117 Å². The highest BCUT2D eigenvalue weighted by Crippen LogP contribution is 2.14. The second-order valence-corrected chi connectivity index (χ2v) is 4.82. The van der Waals surface area contributed by atoms with E-state index in [1.54, 1.807) is 18.1 Å². The molecule has 1 aliphatic heterocycles. The number of hydrogen-bond donors (Lipinski definition) is 1. The first-order valence-electron chi connectivity index (χ1n) is 6.48. The summed E-state index contributed by atoms with van der Waals surface area (Å²) in [4.78, 5) is 33.2. The van der Waals surface area contributed by atoms with Crippen molar-refractivity contribution < 1.29 is 14.3 Å². The third kappa shape index (κ3) is 3.51. The number of Topliss-reactive ketones (excluding diaryl/α,β-unsaturated/α-hetero) is 1. The fourth-order valence-electron chi connectivity index (χ4n) is 2.08. The standard InChI is InChI=1S/C13H18N4O3/c1-9-6-17(4-3-11(9)18)13(19)16-12-5-10(7-20-2)14-8-15-12/h5,8-9H,3-4,6-7H2,1-2H3,(H,14,15,16,19). The molecule has 1 fully saturated rings. The first-order valence-corrected chi connectivity index (χ1v) is 6.48. The van der Waals surface area contributed by atoms with Gasteiger partial charge in [0.15, 0.2) is 0 Å². The van der Waals surface area contributed by atoms with E-state index >= 15 is 0 Å². The maximum absolute atomic E-state index is 12.1. The van der Waals surface area contributed by atoms with E-state index in [1.807, 2.05) is 6.92 Å². The number of piperidine rings is 1. The molecule has 0 bridgehead atoms. The van der Waals surface area contributed by atoms with E-state index < -0.39 is 0 Å². The molecule has 20 heavy (non-hydrogen) atoms. The number of aromatic nitrogens is 2. The molecule has 0 saturated carbocycles. The first kappa shape index (κ1) is 14.4. The molecule has 7 nitrogen and oxygen atoms in total. The summed E-state index contributed by atoms with van der Waals surface area (Å²) >= 11 is 0. The molecule has 1 saturated heterocycles.